The van der Waals surface area contributed by atoms with Crippen molar-refractivity contribution in [3.05, 3.63) is 71.9 Å². The highest BCUT2D eigenvalue weighted by Crippen LogP contribution is 2.31. The van der Waals surface area contributed by atoms with Gasteiger partial charge in [0, 0.05) is 18.2 Å². The van der Waals surface area contributed by atoms with E-state index in [1.807, 2.05) is 19.1 Å². The summed E-state index contributed by atoms with van der Waals surface area (Å²) in [5.41, 5.74) is 1.89. The topological polar surface area (TPSA) is 81.7 Å². The molecular formula is C22H21F2N3O4. The first-order chi connectivity index (χ1) is 14.9. The van der Waals surface area contributed by atoms with Crippen molar-refractivity contribution < 1.29 is 27.8 Å². The number of aryl methyl sites for hydroxylation is 1. The fourth-order valence-electron chi connectivity index (χ4n) is 2.70. The van der Waals surface area contributed by atoms with Gasteiger partial charge in [0.1, 0.15) is 5.75 Å². The summed E-state index contributed by atoms with van der Waals surface area (Å²) in [4.78, 5) is 16.3. The number of nitrogens with one attached hydrogen (secondary N) is 2. The number of nitrogens with zero attached hydrogens (tertiary/aromatic N) is 1. The molecule has 31 heavy (non-hydrogen) atoms. The van der Waals surface area contributed by atoms with Crippen LogP contribution in [0.4, 0.5) is 19.3 Å². The summed E-state index contributed by atoms with van der Waals surface area (Å²) in [5.74, 6) is 1.43. The van der Waals surface area contributed by atoms with Crippen molar-refractivity contribution in [2.45, 2.75) is 20.1 Å². The first-order valence-electron chi connectivity index (χ1n) is 9.30. The summed E-state index contributed by atoms with van der Waals surface area (Å²) in [6.07, 6.45) is 1.43. The van der Waals surface area contributed by atoms with Gasteiger partial charge in [0.05, 0.1) is 19.0 Å². The molecule has 1 aromatic heterocycles. The highest BCUT2D eigenvalue weighted by Gasteiger charge is 2.11. The molecule has 0 spiro atoms. The quantitative estimate of drug-likeness (QED) is 0.520. The van der Waals surface area contributed by atoms with Gasteiger partial charge in [0.15, 0.2) is 11.5 Å². The Bertz CT molecular complexity index is 1030. The molecule has 0 bridgehead atoms. The molecule has 3 aromatic rings. The molecule has 0 aliphatic rings. The van der Waals surface area contributed by atoms with Gasteiger partial charge >= 0.3 is 12.6 Å². The van der Waals surface area contributed by atoms with Crippen LogP contribution < -0.4 is 24.8 Å². The number of alkyl halides is 2. The zero-order valence-corrected chi connectivity index (χ0v) is 16.9. The minimum absolute atomic E-state index is 0.00695. The number of hydrogen-bond acceptors (Lipinski definition) is 5. The van der Waals surface area contributed by atoms with Gasteiger partial charge in [-0.1, -0.05) is 24.3 Å². The van der Waals surface area contributed by atoms with Crippen LogP contribution >= 0.6 is 0 Å². The van der Waals surface area contributed by atoms with Crippen LogP contribution in [0.25, 0.3) is 0 Å². The van der Waals surface area contributed by atoms with E-state index in [0.29, 0.717) is 28.6 Å². The Labute approximate surface area is 178 Å². The van der Waals surface area contributed by atoms with Gasteiger partial charge in [-0.05, 0) is 36.8 Å². The number of aromatic nitrogens is 1. The van der Waals surface area contributed by atoms with Gasteiger partial charge in [-0.25, -0.2) is 9.78 Å². The normalized spacial score (nSPS) is 10.5. The molecule has 3 rings (SSSR count). The van der Waals surface area contributed by atoms with Crippen LogP contribution in [0.15, 0.2) is 60.8 Å². The van der Waals surface area contributed by atoms with Crippen LogP contribution in [-0.2, 0) is 6.54 Å². The van der Waals surface area contributed by atoms with Crippen molar-refractivity contribution in [2.24, 2.45) is 0 Å². The highest BCUT2D eigenvalue weighted by atomic mass is 19.3. The number of anilines is 1. The maximum Gasteiger partial charge on any atom is 0.387 e. The van der Waals surface area contributed by atoms with E-state index in [0.717, 1.165) is 5.56 Å². The third-order valence-electron chi connectivity index (χ3n) is 4.16. The molecule has 2 N–H and O–H groups in total. The average molecular weight is 429 g/mol. The van der Waals surface area contributed by atoms with Crippen molar-refractivity contribution in [1.29, 1.82) is 0 Å². The smallest absolute Gasteiger partial charge is 0.387 e. The number of amides is 2. The summed E-state index contributed by atoms with van der Waals surface area (Å²) in [7, 11) is 1.55. The summed E-state index contributed by atoms with van der Waals surface area (Å²) in [5, 5.41) is 5.20. The van der Waals surface area contributed by atoms with Crippen LogP contribution in [0.1, 0.15) is 11.1 Å². The summed E-state index contributed by atoms with van der Waals surface area (Å²) in [6, 6.07) is 14.5. The maximum absolute atomic E-state index is 12.5. The Kier molecular flexibility index (Phi) is 7.21. The molecule has 0 saturated carbocycles. The number of methoxy groups -OCH3 is 1. The molecule has 0 unspecified atom stereocenters. The van der Waals surface area contributed by atoms with Crippen LogP contribution in [0.3, 0.4) is 0 Å². The van der Waals surface area contributed by atoms with E-state index >= 15 is 0 Å². The van der Waals surface area contributed by atoms with E-state index in [-0.39, 0.29) is 12.3 Å². The lowest BCUT2D eigenvalue weighted by Gasteiger charge is -2.12. The largest absolute Gasteiger partial charge is 0.493 e. The summed E-state index contributed by atoms with van der Waals surface area (Å²) in [6.45, 7) is -0.987. The van der Waals surface area contributed by atoms with E-state index in [4.69, 9.17) is 9.47 Å². The first-order valence-corrected chi connectivity index (χ1v) is 9.30. The molecule has 0 atom stereocenters. The number of carbonyl (C=O) groups is 1. The van der Waals surface area contributed by atoms with E-state index < -0.39 is 12.6 Å². The second-order valence-electron chi connectivity index (χ2n) is 6.44. The molecule has 0 aliphatic carbocycles. The van der Waals surface area contributed by atoms with Gasteiger partial charge in [0.25, 0.3) is 0 Å². The molecule has 0 fully saturated rings. The number of rotatable bonds is 8. The number of carbonyl (C=O) groups excluding carboxylic acids is 1. The summed E-state index contributed by atoms with van der Waals surface area (Å²) >= 11 is 0. The fourth-order valence-corrected chi connectivity index (χ4v) is 2.70. The number of pyridine rings is 1. The zero-order chi connectivity index (χ0) is 22.2. The Morgan fingerprint density at radius 1 is 1.06 bits per heavy atom. The Morgan fingerprint density at radius 3 is 2.58 bits per heavy atom. The number of hydrogen-bond donors (Lipinski definition) is 2. The average Bonchev–Trinajstić information content (AvgIpc) is 2.75. The Balaban J connectivity index is 1.56. The number of halogens is 2. The lowest BCUT2D eigenvalue weighted by molar-refractivity contribution is -0.0504. The summed E-state index contributed by atoms with van der Waals surface area (Å²) < 4.78 is 40.4. The molecular weight excluding hydrogens is 408 g/mol. The molecule has 0 saturated heterocycles. The van der Waals surface area contributed by atoms with Gasteiger partial charge in [-0.15, -0.1) is 0 Å². The van der Waals surface area contributed by atoms with Crippen LogP contribution in [0.2, 0.25) is 0 Å². The van der Waals surface area contributed by atoms with Crippen molar-refractivity contribution in [2.75, 3.05) is 12.4 Å². The van der Waals surface area contributed by atoms with E-state index in [1.54, 1.807) is 43.5 Å². The molecule has 9 heteroatoms. The van der Waals surface area contributed by atoms with Gasteiger partial charge in [-0.3, -0.25) is 0 Å². The van der Waals surface area contributed by atoms with Crippen molar-refractivity contribution in [3.8, 4) is 23.1 Å². The molecule has 7 nitrogen and oxygen atoms in total. The van der Waals surface area contributed by atoms with Crippen LogP contribution in [0.5, 0.6) is 23.1 Å². The lowest BCUT2D eigenvalue weighted by atomic mass is 10.2. The second-order valence-corrected chi connectivity index (χ2v) is 6.44. The third kappa shape index (κ3) is 6.30. The fraction of sp³-hybridized carbons (Fsp3) is 0.182. The SMILES string of the molecule is COc1cc(C)ccc1Oc1ccc(NC(=O)NCc2ccccc2OC(F)F)cn1. The molecule has 2 amide bonds. The maximum atomic E-state index is 12.5. The third-order valence-corrected chi connectivity index (χ3v) is 4.16. The zero-order valence-electron chi connectivity index (χ0n) is 16.9. The number of benzene rings is 2. The number of para-hydroxylation sites is 1. The number of urea groups is 1. The monoisotopic (exact) mass is 429 g/mol. The molecule has 0 radical (unpaired) electrons. The minimum Gasteiger partial charge on any atom is -0.493 e. The molecule has 162 valence electrons. The predicted molar refractivity (Wildman–Crippen MR) is 111 cm³/mol. The van der Waals surface area contributed by atoms with Crippen molar-refractivity contribution in [1.82, 2.24) is 10.3 Å². The standard InChI is InChI=1S/C22H21F2N3O4/c1-14-7-9-18(19(11-14)29-2)30-20-10-8-16(13-25-20)27-22(28)26-12-15-5-3-4-6-17(15)31-21(23)24/h3-11,13,21H,12H2,1-2H3,(H2,26,27,28). The second kappa shape index (κ2) is 10.2. The first kappa shape index (κ1) is 21.8. The molecule has 1 heterocycles. The van der Waals surface area contributed by atoms with Crippen LogP contribution in [0, 0.1) is 6.92 Å². The van der Waals surface area contributed by atoms with Crippen molar-refractivity contribution in [3.63, 3.8) is 0 Å². The van der Waals surface area contributed by atoms with E-state index in [1.165, 1.54) is 12.3 Å². The molecule has 0 aliphatic heterocycles. The Hall–Kier alpha value is -3.88. The van der Waals surface area contributed by atoms with Crippen molar-refractivity contribution >= 4 is 11.7 Å². The number of ether oxygens (including phenoxy) is 3. The highest BCUT2D eigenvalue weighted by molar-refractivity contribution is 5.89. The van der Waals surface area contributed by atoms with Gasteiger partial charge in [-0.2, -0.15) is 8.78 Å². The van der Waals surface area contributed by atoms with E-state index in [2.05, 4.69) is 20.4 Å². The van der Waals surface area contributed by atoms with E-state index in [9.17, 15) is 13.6 Å². The van der Waals surface area contributed by atoms with Crippen LogP contribution in [-0.4, -0.2) is 24.7 Å². The van der Waals surface area contributed by atoms with Gasteiger partial charge < -0.3 is 24.8 Å². The molecule has 2 aromatic carbocycles. The minimum atomic E-state index is -2.94. The lowest BCUT2D eigenvalue weighted by Crippen LogP contribution is -2.28. The predicted octanol–water partition coefficient (Wildman–Crippen LogP) is 5.11. The van der Waals surface area contributed by atoms with Gasteiger partial charge in [0.2, 0.25) is 5.88 Å². The Morgan fingerprint density at radius 2 is 1.87 bits per heavy atom.